The van der Waals surface area contributed by atoms with Crippen molar-refractivity contribution in [2.75, 3.05) is 47.6 Å². The molecule has 2 aromatic rings. The molecule has 0 bridgehead atoms. The van der Waals surface area contributed by atoms with Crippen LogP contribution in [0.25, 0.3) is 0 Å². The average Bonchev–Trinajstić information content (AvgIpc) is 2.91. The van der Waals surface area contributed by atoms with Gasteiger partial charge in [0.05, 0.1) is 0 Å². The van der Waals surface area contributed by atoms with Crippen molar-refractivity contribution in [2.24, 2.45) is 0 Å². The van der Waals surface area contributed by atoms with E-state index in [1.165, 1.54) is 57.1 Å². The van der Waals surface area contributed by atoms with Crippen LogP contribution in [0.2, 0.25) is 0 Å². The van der Waals surface area contributed by atoms with Crippen LogP contribution in [0.3, 0.4) is 0 Å². The van der Waals surface area contributed by atoms with Crippen molar-refractivity contribution >= 4 is 34.9 Å². The Balaban J connectivity index is 1.93. The molecule has 0 atom stereocenters. The van der Waals surface area contributed by atoms with E-state index in [0.717, 1.165) is 55.0 Å². The van der Waals surface area contributed by atoms with Gasteiger partial charge in [-0.3, -0.25) is 4.79 Å². The molecule has 1 aromatic carbocycles. The minimum Gasteiger partial charge on any atom is -0.372 e. The largest absolute Gasteiger partial charge is 0.372 e. The second-order valence-electron chi connectivity index (χ2n) is 9.60. The number of carbonyl (C=O) groups excluding carboxylic acids is 1. The van der Waals surface area contributed by atoms with Crippen LogP contribution in [0.4, 0.5) is 17.2 Å². The summed E-state index contributed by atoms with van der Waals surface area (Å²) in [6, 6.07) is 10.6. The molecule has 2 rings (SSSR count). The van der Waals surface area contributed by atoms with Gasteiger partial charge in [0.1, 0.15) is 16.5 Å². The molecule has 1 heterocycles. The van der Waals surface area contributed by atoms with Gasteiger partial charge < -0.3 is 15.1 Å². The zero-order chi connectivity index (χ0) is 26.9. The van der Waals surface area contributed by atoms with Gasteiger partial charge in [-0.1, -0.05) is 70.1 Å². The highest BCUT2D eigenvalue weighted by atomic mass is 32.2. The third-order valence-electron chi connectivity index (χ3n) is 6.72. The Labute approximate surface area is 230 Å². The van der Waals surface area contributed by atoms with Crippen molar-refractivity contribution in [3.8, 4) is 0 Å². The molecule has 0 saturated heterocycles. The molecule has 7 heteroatoms. The third kappa shape index (κ3) is 10.9. The number of hydrogen-bond donors (Lipinski definition) is 1. The predicted octanol–water partition coefficient (Wildman–Crippen LogP) is 7.72. The van der Waals surface area contributed by atoms with Crippen LogP contribution < -0.4 is 15.1 Å². The molecule has 0 unspecified atom stereocenters. The molecule has 0 radical (unpaired) electrons. The summed E-state index contributed by atoms with van der Waals surface area (Å²) >= 11 is 1.55. The number of unbranched alkanes of at least 4 members (excludes halogenated alkanes) is 7. The third-order valence-corrected chi connectivity index (χ3v) is 7.41. The van der Waals surface area contributed by atoms with Gasteiger partial charge in [-0.25, -0.2) is 9.97 Å². The van der Waals surface area contributed by atoms with Crippen molar-refractivity contribution in [3.05, 3.63) is 36.2 Å². The van der Waals surface area contributed by atoms with E-state index in [9.17, 15) is 4.79 Å². The smallest absolute Gasteiger partial charge is 0.224 e. The number of rotatable bonds is 19. The fraction of sp³-hybridized carbons (Fsp3) is 0.633. The quantitative estimate of drug-likeness (QED) is 0.115. The minimum absolute atomic E-state index is 0.0243. The minimum atomic E-state index is 0.0243. The summed E-state index contributed by atoms with van der Waals surface area (Å²) in [4.78, 5) is 26.9. The SMILES string of the molecule is CCCCCCCCCCN(CCCC(=O)Nc1c(SC)nc(C)nc1N(CC)CC)c1ccccc1. The Morgan fingerprint density at radius 2 is 1.46 bits per heavy atom. The Morgan fingerprint density at radius 3 is 2.08 bits per heavy atom. The van der Waals surface area contributed by atoms with Crippen LogP contribution in [0.5, 0.6) is 0 Å². The summed E-state index contributed by atoms with van der Waals surface area (Å²) in [5.41, 5.74) is 1.98. The topological polar surface area (TPSA) is 61.4 Å². The summed E-state index contributed by atoms with van der Waals surface area (Å²) in [5, 5.41) is 3.98. The Bertz CT molecular complexity index is 904. The maximum atomic E-state index is 13.0. The number of aromatic nitrogens is 2. The van der Waals surface area contributed by atoms with Crippen molar-refractivity contribution in [3.63, 3.8) is 0 Å². The van der Waals surface area contributed by atoms with Crippen molar-refractivity contribution in [2.45, 2.75) is 96.9 Å². The monoisotopic (exact) mass is 527 g/mol. The molecule has 1 amide bonds. The number of amides is 1. The van der Waals surface area contributed by atoms with Gasteiger partial charge in [0.15, 0.2) is 5.82 Å². The highest BCUT2D eigenvalue weighted by molar-refractivity contribution is 7.98. The highest BCUT2D eigenvalue weighted by Crippen LogP contribution is 2.32. The van der Waals surface area contributed by atoms with E-state index in [4.69, 9.17) is 0 Å². The molecule has 0 aliphatic rings. The van der Waals surface area contributed by atoms with Gasteiger partial charge in [-0.2, -0.15) is 0 Å². The lowest BCUT2D eigenvalue weighted by atomic mass is 10.1. The fourth-order valence-corrected chi connectivity index (χ4v) is 5.19. The lowest BCUT2D eigenvalue weighted by Gasteiger charge is -2.25. The van der Waals surface area contributed by atoms with Gasteiger partial charge in [0, 0.05) is 38.3 Å². The van der Waals surface area contributed by atoms with Gasteiger partial charge in [-0.05, 0) is 52.0 Å². The number of para-hydroxylation sites is 1. The molecule has 0 aliphatic heterocycles. The highest BCUT2D eigenvalue weighted by Gasteiger charge is 2.19. The Kier molecular flexibility index (Phi) is 15.1. The molecule has 0 spiro atoms. The normalized spacial score (nSPS) is 10.9. The number of carbonyl (C=O) groups is 1. The van der Waals surface area contributed by atoms with Crippen LogP contribution in [0.1, 0.15) is 90.8 Å². The van der Waals surface area contributed by atoms with E-state index in [1.807, 2.05) is 13.2 Å². The molecule has 206 valence electrons. The molecular formula is C30H49N5OS. The molecule has 0 fully saturated rings. The van der Waals surface area contributed by atoms with Crippen LogP contribution >= 0.6 is 11.8 Å². The number of hydrogen-bond acceptors (Lipinski definition) is 6. The first-order chi connectivity index (χ1) is 18.0. The lowest BCUT2D eigenvalue weighted by Crippen LogP contribution is -2.28. The van der Waals surface area contributed by atoms with Gasteiger partial charge in [-0.15, -0.1) is 11.8 Å². The summed E-state index contributed by atoms with van der Waals surface area (Å²) in [6.07, 6.45) is 13.8. The van der Waals surface area contributed by atoms with Crippen molar-refractivity contribution < 1.29 is 4.79 Å². The summed E-state index contributed by atoms with van der Waals surface area (Å²) in [7, 11) is 0. The van der Waals surface area contributed by atoms with Gasteiger partial charge in [0.25, 0.3) is 0 Å². The zero-order valence-corrected chi connectivity index (χ0v) is 24.7. The second kappa shape index (κ2) is 18.1. The molecular weight excluding hydrogens is 478 g/mol. The first-order valence-corrected chi connectivity index (χ1v) is 15.5. The average molecular weight is 528 g/mol. The van der Waals surface area contributed by atoms with E-state index < -0.39 is 0 Å². The number of nitrogens with one attached hydrogen (secondary N) is 1. The van der Waals surface area contributed by atoms with Crippen molar-refractivity contribution in [1.29, 1.82) is 0 Å². The summed E-state index contributed by atoms with van der Waals surface area (Å²) < 4.78 is 0. The summed E-state index contributed by atoms with van der Waals surface area (Å²) in [5.74, 6) is 1.57. The number of nitrogens with zero attached hydrogens (tertiary/aromatic N) is 4. The number of benzene rings is 1. The zero-order valence-electron chi connectivity index (χ0n) is 23.9. The first kappa shape index (κ1) is 30.9. The molecule has 0 aliphatic carbocycles. The first-order valence-electron chi connectivity index (χ1n) is 14.3. The number of aryl methyl sites for hydroxylation is 1. The van der Waals surface area contributed by atoms with E-state index in [2.05, 4.69) is 76.2 Å². The van der Waals surface area contributed by atoms with E-state index in [1.54, 1.807) is 11.8 Å². The molecule has 6 nitrogen and oxygen atoms in total. The lowest BCUT2D eigenvalue weighted by molar-refractivity contribution is -0.116. The Hall–Kier alpha value is -2.28. The predicted molar refractivity (Wildman–Crippen MR) is 161 cm³/mol. The van der Waals surface area contributed by atoms with E-state index in [0.29, 0.717) is 6.42 Å². The standard InChI is InChI=1S/C30H49N5OS/c1-6-9-10-11-12-13-14-18-23-35(26-20-16-15-17-21-26)24-19-22-27(36)33-28-29(34(7-2)8-3)31-25(4)32-30(28)37-5/h15-17,20-21H,6-14,18-19,22-24H2,1-5H3,(H,33,36). The van der Waals surface area contributed by atoms with Gasteiger partial charge in [0.2, 0.25) is 5.91 Å². The number of anilines is 3. The van der Waals surface area contributed by atoms with Crippen LogP contribution in [0, 0.1) is 6.92 Å². The molecule has 0 saturated carbocycles. The van der Waals surface area contributed by atoms with E-state index in [-0.39, 0.29) is 5.91 Å². The van der Waals surface area contributed by atoms with Crippen LogP contribution in [-0.4, -0.2) is 48.3 Å². The van der Waals surface area contributed by atoms with Crippen LogP contribution in [-0.2, 0) is 4.79 Å². The maximum absolute atomic E-state index is 13.0. The second-order valence-corrected chi connectivity index (χ2v) is 10.4. The molecule has 37 heavy (non-hydrogen) atoms. The molecule has 1 N–H and O–H groups in total. The maximum Gasteiger partial charge on any atom is 0.224 e. The van der Waals surface area contributed by atoms with Crippen LogP contribution in [0.15, 0.2) is 35.4 Å². The molecule has 1 aromatic heterocycles. The Morgan fingerprint density at radius 1 is 0.838 bits per heavy atom. The van der Waals surface area contributed by atoms with E-state index >= 15 is 0 Å². The van der Waals surface area contributed by atoms with Gasteiger partial charge >= 0.3 is 0 Å². The summed E-state index contributed by atoms with van der Waals surface area (Å²) in [6.45, 7) is 12.0. The van der Waals surface area contributed by atoms with Crippen molar-refractivity contribution in [1.82, 2.24) is 9.97 Å². The number of thioether (sulfide) groups is 1. The fourth-order valence-electron chi connectivity index (χ4n) is 4.62.